The van der Waals surface area contributed by atoms with E-state index in [2.05, 4.69) is 50.4 Å². The van der Waals surface area contributed by atoms with Crippen molar-refractivity contribution < 1.29 is 22.7 Å². The molecule has 0 bridgehead atoms. The Morgan fingerprint density at radius 3 is 2.33 bits per heavy atom. The monoisotopic (exact) mass is 536 g/mol. The molecule has 1 fully saturated rings. The average molecular weight is 537 g/mol. The lowest BCUT2D eigenvalue weighted by Gasteiger charge is -2.36. The summed E-state index contributed by atoms with van der Waals surface area (Å²) in [5.41, 5.74) is 6.40. The molecule has 0 spiro atoms. The van der Waals surface area contributed by atoms with E-state index in [1.807, 2.05) is 19.3 Å². The molecule has 1 saturated heterocycles. The van der Waals surface area contributed by atoms with E-state index in [0.717, 1.165) is 67.1 Å². The molecule has 2 aromatic carbocycles. The van der Waals surface area contributed by atoms with Crippen molar-refractivity contribution in [3.05, 3.63) is 95.3 Å². The molecule has 3 aromatic rings. The Balaban J connectivity index is 1.25. The lowest BCUT2D eigenvalue weighted by molar-refractivity contribution is -0.274. The van der Waals surface area contributed by atoms with Crippen LogP contribution in [-0.4, -0.2) is 59.8 Å². The van der Waals surface area contributed by atoms with Crippen molar-refractivity contribution in [2.45, 2.75) is 32.8 Å². The van der Waals surface area contributed by atoms with Crippen LogP contribution in [0.2, 0.25) is 0 Å². The molecular formula is C30H31F3N4O2. The second kappa shape index (κ2) is 11.1. The number of hydrogen-bond acceptors (Lipinski definition) is 5. The summed E-state index contributed by atoms with van der Waals surface area (Å²) in [5, 5.41) is 0. The number of piperazine rings is 1. The number of halogens is 3. The maximum absolute atomic E-state index is 13.4. The van der Waals surface area contributed by atoms with Gasteiger partial charge in [0.15, 0.2) is 0 Å². The van der Waals surface area contributed by atoms with Crippen LogP contribution >= 0.6 is 0 Å². The third-order valence-corrected chi connectivity index (χ3v) is 7.26. The van der Waals surface area contributed by atoms with Crippen molar-refractivity contribution in [3.63, 3.8) is 0 Å². The molecule has 6 nitrogen and oxygen atoms in total. The number of carbonyl (C=O) groups excluding carboxylic acids is 1. The summed E-state index contributed by atoms with van der Waals surface area (Å²) < 4.78 is 41.4. The Morgan fingerprint density at radius 2 is 1.69 bits per heavy atom. The van der Waals surface area contributed by atoms with Crippen LogP contribution in [0.1, 0.15) is 39.5 Å². The lowest BCUT2D eigenvalue weighted by atomic mass is 9.96. The van der Waals surface area contributed by atoms with E-state index in [1.165, 1.54) is 17.7 Å². The van der Waals surface area contributed by atoms with Crippen LogP contribution in [0.25, 0.3) is 5.57 Å². The van der Waals surface area contributed by atoms with E-state index >= 15 is 0 Å². The van der Waals surface area contributed by atoms with Gasteiger partial charge in [0.1, 0.15) is 5.75 Å². The highest BCUT2D eigenvalue weighted by molar-refractivity contribution is 6.03. The largest absolute Gasteiger partial charge is 0.573 e. The standard InChI is InChI=1S/C30H31F3N4O2/c1-21(2)27-18-25(36-15-13-35(14-16-36)12-9-22-7-10-34-11-8-22)17-24-20-37(29(38)28(24)27)19-23-3-5-26(6-4-23)39-30(31,32)33/h3-8,10-11,17-18H,1,9,12-16,19-20H2,2H3. The van der Waals surface area contributed by atoms with Gasteiger partial charge in [-0.25, -0.2) is 0 Å². The fourth-order valence-electron chi connectivity index (χ4n) is 5.23. The zero-order valence-electron chi connectivity index (χ0n) is 21.9. The minimum atomic E-state index is -4.74. The minimum Gasteiger partial charge on any atom is -0.406 e. The van der Waals surface area contributed by atoms with Crippen LogP contribution < -0.4 is 9.64 Å². The molecule has 1 amide bonds. The van der Waals surface area contributed by atoms with E-state index in [-0.39, 0.29) is 11.7 Å². The average Bonchev–Trinajstić information content (AvgIpc) is 3.22. The van der Waals surface area contributed by atoms with Crippen LogP contribution in [0.3, 0.4) is 0 Å². The molecule has 0 unspecified atom stereocenters. The van der Waals surface area contributed by atoms with Crippen LogP contribution in [0.4, 0.5) is 18.9 Å². The fourth-order valence-corrected chi connectivity index (χ4v) is 5.23. The molecule has 39 heavy (non-hydrogen) atoms. The summed E-state index contributed by atoms with van der Waals surface area (Å²) in [6.45, 7) is 11.5. The molecule has 0 N–H and O–H groups in total. The maximum Gasteiger partial charge on any atom is 0.573 e. The lowest BCUT2D eigenvalue weighted by Crippen LogP contribution is -2.47. The number of anilines is 1. The second-order valence-corrected chi connectivity index (χ2v) is 10.1. The Labute approximate surface area is 226 Å². The van der Waals surface area contributed by atoms with Crippen molar-refractivity contribution in [1.82, 2.24) is 14.8 Å². The smallest absolute Gasteiger partial charge is 0.406 e. The maximum atomic E-state index is 13.4. The number of alkyl halides is 3. The molecule has 9 heteroatoms. The predicted octanol–water partition coefficient (Wildman–Crippen LogP) is 5.53. The molecule has 0 aliphatic carbocycles. The van der Waals surface area contributed by atoms with Crippen LogP contribution in [0.5, 0.6) is 5.75 Å². The number of ether oxygens (including phenoxy) is 1. The number of aromatic nitrogens is 1. The van der Waals surface area contributed by atoms with Crippen molar-refractivity contribution >= 4 is 17.2 Å². The Hall–Kier alpha value is -3.85. The van der Waals surface area contributed by atoms with Gasteiger partial charge in [0.2, 0.25) is 0 Å². The van der Waals surface area contributed by atoms with Crippen LogP contribution in [-0.2, 0) is 19.5 Å². The van der Waals surface area contributed by atoms with Crippen molar-refractivity contribution in [3.8, 4) is 5.75 Å². The Kier molecular flexibility index (Phi) is 7.61. The van der Waals surface area contributed by atoms with Crippen molar-refractivity contribution in [1.29, 1.82) is 0 Å². The number of hydrogen-bond donors (Lipinski definition) is 0. The highest BCUT2D eigenvalue weighted by Crippen LogP contribution is 2.35. The van der Waals surface area contributed by atoms with E-state index < -0.39 is 6.36 Å². The van der Waals surface area contributed by atoms with Crippen molar-refractivity contribution in [2.75, 3.05) is 37.6 Å². The quantitative estimate of drug-likeness (QED) is 0.379. The molecule has 3 heterocycles. The highest BCUT2D eigenvalue weighted by Gasteiger charge is 2.33. The summed E-state index contributed by atoms with van der Waals surface area (Å²) in [6, 6.07) is 13.9. The van der Waals surface area contributed by atoms with Gasteiger partial charge in [0.25, 0.3) is 5.91 Å². The second-order valence-electron chi connectivity index (χ2n) is 10.1. The third kappa shape index (κ3) is 6.42. The summed E-state index contributed by atoms with van der Waals surface area (Å²) in [7, 11) is 0. The fraction of sp³-hybridized carbons (Fsp3) is 0.333. The Bertz CT molecular complexity index is 1330. The zero-order chi connectivity index (χ0) is 27.6. The summed E-state index contributed by atoms with van der Waals surface area (Å²) in [4.78, 5) is 24.0. The first kappa shape index (κ1) is 26.7. The van der Waals surface area contributed by atoms with Gasteiger partial charge in [0, 0.05) is 63.9 Å². The first-order chi connectivity index (χ1) is 18.7. The third-order valence-electron chi connectivity index (χ3n) is 7.26. The number of fused-ring (bicyclic) bond motifs is 1. The van der Waals surface area contributed by atoms with E-state index in [0.29, 0.717) is 18.7 Å². The number of rotatable bonds is 8. The SMILES string of the molecule is C=C(C)c1cc(N2CCN(CCc3ccncc3)CC2)cc2c1C(=O)N(Cc1ccc(OC(F)(F)F)cc1)C2. The number of allylic oxidation sites excluding steroid dienone is 1. The molecule has 0 atom stereocenters. The molecule has 0 radical (unpaired) electrons. The van der Waals surface area contributed by atoms with Crippen LogP contribution in [0, 0.1) is 0 Å². The molecule has 204 valence electrons. The van der Waals surface area contributed by atoms with Gasteiger partial charge in [0.05, 0.1) is 5.56 Å². The first-order valence-corrected chi connectivity index (χ1v) is 13.0. The van der Waals surface area contributed by atoms with Gasteiger partial charge in [-0.1, -0.05) is 24.3 Å². The zero-order valence-corrected chi connectivity index (χ0v) is 21.9. The summed E-state index contributed by atoms with van der Waals surface area (Å²) >= 11 is 0. The molecular weight excluding hydrogens is 505 g/mol. The van der Waals surface area contributed by atoms with Gasteiger partial charge in [-0.2, -0.15) is 0 Å². The number of pyridine rings is 1. The number of benzene rings is 2. The van der Waals surface area contributed by atoms with Crippen molar-refractivity contribution in [2.24, 2.45) is 0 Å². The molecule has 2 aliphatic rings. The topological polar surface area (TPSA) is 48.9 Å². The van der Waals surface area contributed by atoms with Gasteiger partial charge in [-0.05, 0) is 72.0 Å². The summed E-state index contributed by atoms with van der Waals surface area (Å²) in [5.74, 6) is -0.375. The molecule has 0 saturated carbocycles. The van der Waals surface area contributed by atoms with Gasteiger partial charge in [-0.3, -0.25) is 14.7 Å². The molecule has 2 aliphatic heterocycles. The molecule has 1 aromatic heterocycles. The van der Waals surface area contributed by atoms with E-state index in [4.69, 9.17) is 0 Å². The molecule has 5 rings (SSSR count). The normalized spacial score (nSPS) is 15.9. The number of nitrogens with zero attached hydrogens (tertiary/aromatic N) is 4. The Morgan fingerprint density at radius 1 is 1.00 bits per heavy atom. The highest BCUT2D eigenvalue weighted by atomic mass is 19.4. The van der Waals surface area contributed by atoms with Gasteiger partial charge in [-0.15, -0.1) is 13.2 Å². The predicted molar refractivity (Wildman–Crippen MR) is 144 cm³/mol. The minimum absolute atomic E-state index is 0.0916. The first-order valence-electron chi connectivity index (χ1n) is 13.0. The van der Waals surface area contributed by atoms with Gasteiger partial charge >= 0.3 is 6.36 Å². The number of carbonyl (C=O) groups is 1. The van der Waals surface area contributed by atoms with Gasteiger partial charge < -0.3 is 14.5 Å². The number of amides is 1. The van der Waals surface area contributed by atoms with E-state index in [9.17, 15) is 18.0 Å². The summed E-state index contributed by atoms with van der Waals surface area (Å²) in [6.07, 6.45) is -0.0839. The van der Waals surface area contributed by atoms with Crippen LogP contribution in [0.15, 0.2) is 67.5 Å². The van der Waals surface area contributed by atoms with E-state index in [1.54, 1.807) is 17.0 Å².